The fraction of sp³-hybridized carbons (Fsp3) is 0.100. The quantitative estimate of drug-likeness (QED) is 0.609. The minimum atomic E-state index is -0.536. The van der Waals surface area contributed by atoms with Gasteiger partial charge in [0, 0.05) is 5.56 Å². The molecule has 3 rings (SSSR count). The summed E-state index contributed by atoms with van der Waals surface area (Å²) in [5.74, 6) is 2.31. The number of hydrogen-bond acceptors (Lipinski definition) is 3. The van der Waals surface area contributed by atoms with Gasteiger partial charge < -0.3 is 14.2 Å². The molecule has 3 nitrogen and oxygen atoms in total. The van der Waals surface area contributed by atoms with Crippen LogP contribution in [0.1, 0.15) is 11.9 Å². The largest absolute Gasteiger partial charge is 0.497 e. The lowest BCUT2D eigenvalue weighted by Gasteiger charge is -2.21. The SMILES string of the molecule is COc1ccc(C(Oc2ccccc2)Oc2ccccc2)cc1. The molecule has 0 unspecified atom stereocenters. The van der Waals surface area contributed by atoms with E-state index in [-0.39, 0.29) is 0 Å². The summed E-state index contributed by atoms with van der Waals surface area (Å²) >= 11 is 0. The first-order valence-corrected chi connectivity index (χ1v) is 7.42. The van der Waals surface area contributed by atoms with E-state index < -0.39 is 6.29 Å². The van der Waals surface area contributed by atoms with E-state index in [4.69, 9.17) is 14.2 Å². The van der Waals surface area contributed by atoms with Gasteiger partial charge in [0.1, 0.15) is 17.2 Å². The summed E-state index contributed by atoms with van der Waals surface area (Å²) in [5, 5.41) is 0. The fourth-order valence-corrected chi connectivity index (χ4v) is 2.17. The lowest BCUT2D eigenvalue weighted by molar-refractivity contribution is 0.00379. The van der Waals surface area contributed by atoms with Crippen molar-refractivity contribution in [2.45, 2.75) is 6.29 Å². The van der Waals surface area contributed by atoms with E-state index >= 15 is 0 Å². The smallest absolute Gasteiger partial charge is 0.267 e. The van der Waals surface area contributed by atoms with Gasteiger partial charge in [0.2, 0.25) is 0 Å². The van der Waals surface area contributed by atoms with Crippen molar-refractivity contribution in [1.82, 2.24) is 0 Å². The molecule has 23 heavy (non-hydrogen) atoms. The summed E-state index contributed by atoms with van der Waals surface area (Å²) in [6.07, 6.45) is -0.536. The second kappa shape index (κ2) is 7.36. The molecule has 0 aliphatic heterocycles. The highest BCUT2D eigenvalue weighted by molar-refractivity contribution is 5.30. The summed E-state index contributed by atoms with van der Waals surface area (Å²) in [5.41, 5.74) is 0.915. The van der Waals surface area contributed by atoms with Gasteiger partial charge in [-0.2, -0.15) is 0 Å². The van der Waals surface area contributed by atoms with Crippen molar-refractivity contribution in [3.8, 4) is 17.2 Å². The van der Waals surface area contributed by atoms with Crippen molar-refractivity contribution in [1.29, 1.82) is 0 Å². The third-order valence-corrected chi connectivity index (χ3v) is 3.36. The fourth-order valence-electron chi connectivity index (χ4n) is 2.17. The molecule has 0 aliphatic rings. The molecule has 0 amide bonds. The van der Waals surface area contributed by atoms with E-state index in [1.807, 2.05) is 84.9 Å². The van der Waals surface area contributed by atoms with E-state index in [2.05, 4.69) is 0 Å². The van der Waals surface area contributed by atoms with Crippen LogP contribution in [0.4, 0.5) is 0 Å². The normalized spacial score (nSPS) is 10.3. The summed E-state index contributed by atoms with van der Waals surface area (Å²) in [6.45, 7) is 0. The number of benzene rings is 3. The second-order valence-corrected chi connectivity index (χ2v) is 4.97. The lowest BCUT2D eigenvalue weighted by Crippen LogP contribution is -2.15. The number of hydrogen-bond donors (Lipinski definition) is 0. The summed E-state index contributed by atoms with van der Waals surface area (Å²) < 4.78 is 17.2. The molecule has 0 N–H and O–H groups in total. The standard InChI is InChI=1S/C20H18O3/c1-21-17-14-12-16(13-15-17)20(22-18-8-4-2-5-9-18)23-19-10-6-3-7-11-19/h2-15,20H,1H3. The first-order valence-electron chi connectivity index (χ1n) is 7.42. The monoisotopic (exact) mass is 306 g/mol. The minimum Gasteiger partial charge on any atom is -0.497 e. The molecule has 0 fully saturated rings. The van der Waals surface area contributed by atoms with Crippen LogP contribution < -0.4 is 14.2 Å². The van der Waals surface area contributed by atoms with E-state index in [0.29, 0.717) is 0 Å². The molecule has 3 heteroatoms. The molecule has 3 aromatic rings. The Hall–Kier alpha value is -2.94. The van der Waals surface area contributed by atoms with Gasteiger partial charge in [-0.1, -0.05) is 36.4 Å². The van der Waals surface area contributed by atoms with Crippen LogP contribution in [0.25, 0.3) is 0 Å². The van der Waals surface area contributed by atoms with Gasteiger partial charge in [0.25, 0.3) is 6.29 Å². The maximum Gasteiger partial charge on any atom is 0.267 e. The van der Waals surface area contributed by atoms with E-state index in [0.717, 1.165) is 22.8 Å². The maximum atomic E-state index is 6.01. The number of rotatable bonds is 6. The Morgan fingerprint density at radius 1 is 0.565 bits per heavy atom. The zero-order valence-corrected chi connectivity index (χ0v) is 12.9. The first kappa shape index (κ1) is 15.0. The Kier molecular flexibility index (Phi) is 4.79. The predicted molar refractivity (Wildman–Crippen MR) is 89.9 cm³/mol. The Morgan fingerprint density at radius 3 is 1.48 bits per heavy atom. The van der Waals surface area contributed by atoms with Crippen molar-refractivity contribution in [2.75, 3.05) is 7.11 Å². The lowest BCUT2D eigenvalue weighted by atomic mass is 10.2. The molecule has 0 aliphatic carbocycles. The molecule has 0 saturated heterocycles. The van der Waals surface area contributed by atoms with E-state index in [1.165, 1.54) is 0 Å². The van der Waals surface area contributed by atoms with Crippen LogP contribution in [0, 0.1) is 0 Å². The van der Waals surface area contributed by atoms with Crippen molar-refractivity contribution >= 4 is 0 Å². The average Bonchev–Trinajstić information content (AvgIpc) is 2.63. The van der Waals surface area contributed by atoms with Crippen molar-refractivity contribution in [3.05, 3.63) is 90.5 Å². The number of ether oxygens (including phenoxy) is 3. The van der Waals surface area contributed by atoms with E-state index in [9.17, 15) is 0 Å². The number of methoxy groups -OCH3 is 1. The van der Waals surface area contributed by atoms with Crippen LogP contribution in [-0.4, -0.2) is 7.11 Å². The summed E-state index contributed by atoms with van der Waals surface area (Å²) in [6, 6.07) is 26.9. The summed E-state index contributed by atoms with van der Waals surface area (Å²) in [7, 11) is 1.65. The van der Waals surface area contributed by atoms with Gasteiger partial charge >= 0.3 is 0 Å². The highest BCUT2D eigenvalue weighted by atomic mass is 16.7. The zero-order chi connectivity index (χ0) is 15.9. The second-order valence-electron chi connectivity index (χ2n) is 4.97. The molecule has 0 saturated carbocycles. The zero-order valence-electron chi connectivity index (χ0n) is 12.9. The average molecular weight is 306 g/mol. The molecular weight excluding hydrogens is 288 g/mol. The van der Waals surface area contributed by atoms with Gasteiger partial charge in [0.15, 0.2) is 0 Å². The molecule has 0 heterocycles. The Morgan fingerprint density at radius 2 is 1.04 bits per heavy atom. The Balaban J connectivity index is 1.85. The van der Waals surface area contributed by atoms with Crippen LogP contribution in [0.15, 0.2) is 84.9 Å². The van der Waals surface area contributed by atoms with Crippen LogP contribution >= 0.6 is 0 Å². The topological polar surface area (TPSA) is 27.7 Å². The molecule has 0 atom stereocenters. The molecule has 0 aromatic heterocycles. The van der Waals surface area contributed by atoms with Crippen LogP contribution in [0.5, 0.6) is 17.2 Å². The van der Waals surface area contributed by atoms with Gasteiger partial charge in [0.05, 0.1) is 7.11 Å². The maximum absolute atomic E-state index is 6.01. The van der Waals surface area contributed by atoms with Crippen LogP contribution in [0.3, 0.4) is 0 Å². The highest BCUT2D eigenvalue weighted by Gasteiger charge is 2.15. The Labute approximate surface area is 136 Å². The minimum absolute atomic E-state index is 0.536. The van der Waals surface area contributed by atoms with Crippen molar-refractivity contribution in [3.63, 3.8) is 0 Å². The van der Waals surface area contributed by atoms with Crippen molar-refractivity contribution in [2.24, 2.45) is 0 Å². The van der Waals surface area contributed by atoms with Gasteiger partial charge in [-0.3, -0.25) is 0 Å². The molecule has 0 bridgehead atoms. The van der Waals surface area contributed by atoms with Crippen LogP contribution in [0.2, 0.25) is 0 Å². The van der Waals surface area contributed by atoms with E-state index in [1.54, 1.807) is 7.11 Å². The van der Waals surface area contributed by atoms with Gasteiger partial charge in [-0.15, -0.1) is 0 Å². The van der Waals surface area contributed by atoms with Crippen LogP contribution in [-0.2, 0) is 0 Å². The van der Waals surface area contributed by atoms with Gasteiger partial charge in [-0.25, -0.2) is 0 Å². The Bertz CT molecular complexity index is 667. The molecule has 0 radical (unpaired) electrons. The van der Waals surface area contributed by atoms with Crippen molar-refractivity contribution < 1.29 is 14.2 Å². The first-order chi connectivity index (χ1) is 11.3. The molecular formula is C20H18O3. The third-order valence-electron chi connectivity index (χ3n) is 3.36. The number of para-hydroxylation sites is 2. The molecule has 116 valence electrons. The molecule has 0 spiro atoms. The third kappa shape index (κ3) is 4.04. The predicted octanol–water partition coefficient (Wildman–Crippen LogP) is 4.85. The molecule has 3 aromatic carbocycles. The van der Waals surface area contributed by atoms with Gasteiger partial charge in [-0.05, 0) is 48.5 Å². The highest BCUT2D eigenvalue weighted by Crippen LogP contribution is 2.26. The summed E-state index contributed by atoms with van der Waals surface area (Å²) in [4.78, 5) is 0.